The maximum absolute atomic E-state index is 10.2. The lowest BCUT2D eigenvalue weighted by Gasteiger charge is -2.01. The molecule has 0 saturated heterocycles. The van der Waals surface area contributed by atoms with Crippen LogP contribution in [0.1, 0.15) is 32.3 Å². The smallest absolute Gasteiger partial charge is 0.132 e. The Morgan fingerprint density at radius 2 is 1.40 bits per heavy atom. The van der Waals surface area contributed by atoms with Gasteiger partial charge in [0.05, 0.1) is 0 Å². The van der Waals surface area contributed by atoms with Crippen molar-refractivity contribution in [1.82, 2.24) is 0 Å². The van der Waals surface area contributed by atoms with Crippen molar-refractivity contribution in [2.75, 3.05) is 0 Å². The highest BCUT2D eigenvalue weighted by Crippen LogP contribution is 2.19. The summed E-state index contributed by atoms with van der Waals surface area (Å²) in [6.45, 7) is 7.49. The molecule has 20 heavy (non-hydrogen) atoms. The van der Waals surface area contributed by atoms with E-state index >= 15 is 0 Å². The number of carbonyl (C=O) groups is 1. The van der Waals surface area contributed by atoms with Gasteiger partial charge < -0.3 is 0 Å². The molecule has 2 aromatic carbocycles. The summed E-state index contributed by atoms with van der Waals surface area (Å²) in [7, 11) is 0. The molecule has 0 bridgehead atoms. The first kappa shape index (κ1) is 15.9. The normalized spacial score (nSPS) is 9.30. The minimum atomic E-state index is 0.343. The zero-order valence-corrected chi connectivity index (χ0v) is 12.3. The molecule has 0 fully saturated rings. The molecule has 0 radical (unpaired) electrons. The Hall–Kier alpha value is -2.15. The van der Waals surface area contributed by atoms with E-state index in [1.807, 2.05) is 26.0 Å². The van der Waals surface area contributed by atoms with Crippen LogP contribution in [0.2, 0.25) is 0 Å². The lowest BCUT2D eigenvalue weighted by atomic mass is 10.0. The molecule has 0 aliphatic heterocycles. The van der Waals surface area contributed by atoms with Gasteiger partial charge in [-0.3, -0.25) is 4.79 Å². The summed E-state index contributed by atoms with van der Waals surface area (Å²) in [4.78, 5) is 10.2. The Balaban J connectivity index is 0.000000286. The molecule has 0 spiro atoms. The second kappa shape index (κ2) is 8.87. The summed E-state index contributed by atoms with van der Waals surface area (Å²) in [5, 5.41) is 0. The maximum atomic E-state index is 10.2. The van der Waals surface area contributed by atoms with Crippen molar-refractivity contribution < 1.29 is 4.79 Å². The van der Waals surface area contributed by atoms with Crippen molar-refractivity contribution in [3.8, 4) is 11.1 Å². The minimum absolute atomic E-state index is 0.343. The van der Waals surface area contributed by atoms with Gasteiger partial charge in [-0.2, -0.15) is 0 Å². The molecule has 2 aromatic rings. The molecule has 104 valence electrons. The summed E-state index contributed by atoms with van der Waals surface area (Å²) >= 11 is 0. The number of benzene rings is 2. The third-order valence-corrected chi connectivity index (χ3v) is 3.04. The van der Waals surface area contributed by atoms with Gasteiger partial charge in [-0.1, -0.05) is 81.1 Å². The molecule has 0 aliphatic rings. The average Bonchev–Trinajstić information content (AvgIpc) is 2.55. The van der Waals surface area contributed by atoms with Crippen LogP contribution < -0.4 is 0 Å². The van der Waals surface area contributed by atoms with Crippen LogP contribution in [0.5, 0.6) is 0 Å². The molecule has 0 amide bonds. The largest absolute Gasteiger partial charge is 0.300 e. The fourth-order valence-electron chi connectivity index (χ4n) is 1.69. The standard InChI is InChI=1S/C14H12.C5H10O/c1-2-12-8-10-14(11-9-12)13-6-4-3-5-7-13;1-3-5(6)4-2/h2-11H,1H2;3-4H2,1-2H3. The van der Waals surface area contributed by atoms with E-state index in [0.29, 0.717) is 18.6 Å². The van der Waals surface area contributed by atoms with Gasteiger partial charge in [0, 0.05) is 12.8 Å². The Morgan fingerprint density at radius 3 is 1.80 bits per heavy atom. The first-order chi connectivity index (χ1) is 9.71. The quantitative estimate of drug-likeness (QED) is 0.727. The van der Waals surface area contributed by atoms with Gasteiger partial charge in [-0.25, -0.2) is 0 Å². The number of hydrogen-bond donors (Lipinski definition) is 0. The monoisotopic (exact) mass is 266 g/mol. The summed E-state index contributed by atoms with van der Waals surface area (Å²) in [6, 6.07) is 18.8. The third kappa shape index (κ3) is 5.23. The Kier molecular flexibility index (Phi) is 7.05. The number of ketones is 1. The average molecular weight is 266 g/mol. The van der Waals surface area contributed by atoms with E-state index in [0.717, 1.165) is 5.56 Å². The highest BCUT2D eigenvalue weighted by atomic mass is 16.1. The summed E-state index contributed by atoms with van der Waals surface area (Å²) in [5.41, 5.74) is 3.66. The van der Waals surface area contributed by atoms with Crippen LogP contribution >= 0.6 is 0 Å². The highest BCUT2D eigenvalue weighted by molar-refractivity contribution is 5.77. The van der Waals surface area contributed by atoms with Crippen molar-refractivity contribution in [3.63, 3.8) is 0 Å². The van der Waals surface area contributed by atoms with E-state index < -0.39 is 0 Å². The Morgan fingerprint density at radius 1 is 0.900 bits per heavy atom. The van der Waals surface area contributed by atoms with Gasteiger partial charge in [-0.05, 0) is 16.7 Å². The van der Waals surface area contributed by atoms with Gasteiger partial charge in [0.2, 0.25) is 0 Å². The van der Waals surface area contributed by atoms with E-state index in [1.165, 1.54) is 11.1 Å². The van der Waals surface area contributed by atoms with E-state index in [9.17, 15) is 4.79 Å². The molecular weight excluding hydrogens is 244 g/mol. The number of hydrogen-bond acceptors (Lipinski definition) is 1. The van der Waals surface area contributed by atoms with Crippen molar-refractivity contribution in [1.29, 1.82) is 0 Å². The van der Waals surface area contributed by atoms with Gasteiger partial charge in [0.1, 0.15) is 5.78 Å². The molecule has 0 atom stereocenters. The molecule has 2 rings (SSSR count). The topological polar surface area (TPSA) is 17.1 Å². The molecule has 1 nitrogen and oxygen atoms in total. The number of carbonyl (C=O) groups excluding carboxylic acids is 1. The molecule has 0 aromatic heterocycles. The van der Waals surface area contributed by atoms with Crippen molar-refractivity contribution in [2.45, 2.75) is 26.7 Å². The molecule has 0 heterocycles. The van der Waals surface area contributed by atoms with E-state index in [-0.39, 0.29) is 0 Å². The van der Waals surface area contributed by atoms with Crippen LogP contribution in [-0.4, -0.2) is 5.78 Å². The predicted octanol–water partition coefficient (Wildman–Crippen LogP) is 5.37. The fraction of sp³-hybridized carbons (Fsp3) is 0.211. The maximum Gasteiger partial charge on any atom is 0.132 e. The SMILES string of the molecule is C=Cc1ccc(-c2ccccc2)cc1.CCC(=O)CC. The molecule has 0 unspecified atom stereocenters. The van der Waals surface area contributed by atoms with Crippen LogP contribution in [-0.2, 0) is 4.79 Å². The molecular formula is C19H22O. The molecule has 0 N–H and O–H groups in total. The lowest BCUT2D eigenvalue weighted by Crippen LogP contribution is -1.88. The summed E-state index contributed by atoms with van der Waals surface area (Å²) in [5.74, 6) is 0.343. The third-order valence-electron chi connectivity index (χ3n) is 3.04. The van der Waals surface area contributed by atoms with Crippen LogP contribution in [0, 0.1) is 0 Å². The van der Waals surface area contributed by atoms with Gasteiger partial charge in [0.15, 0.2) is 0 Å². The van der Waals surface area contributed by atoms with Crippen LogP contribution in [0.4, 0.5) is 0 Å². The molecule has 0 saturated carbocycles. The van der Waals surface area contributed by atoms with E-state index in [1.54, 1.807) is 0 Å². The zero-order chi connectivity index (χ0) is 14.8. The molecule has 0 aliphatic carbocycles. The van der Waals surface area contributed by atoms with Crippen LogP contribution in [0.3, 0.4) is 0 Å². The molecule has 1 heteroatoms. The van der Waals surface area contributed by atoms with Gasteiger partial charge >= 0.3 is 0 Å². The van der Waals surface area contributed by atoms with Gasteiger partial charge in [0.25, 0.3) is 0 Å². The Bertz CT molecular complexity index is 517. The zero-order valence-electron chi connectivity index (χ0n) is 12.3. The van der Waals surface area contributed by atoms with Crippen molar-refractivity contribution >= 4 is 11.9 Å². The number of rotatable bonds is 4. The number of Topliss-reactive ketones (excluding diaryl/α,β-unsaturated/α-hetero) is 1. The van der Waals surface area contributed by atoms with Gasteiger partial charge in [-0.15, -0.1) is 0 Å². The lowest BCUT2D eigenvalue weighted by molar-refractivity contribution is -0.118. The first-order valence-corrected chi connectivity index (χ1v) is 7.00. The Labute approximate surface area is 122 Å². The summed E-state index contributed by atoms with van der Waals surface area (Å²) < 4.78 is 0. The highest BCUT2D eigenvalue weighted by Gasteiger charge is 1.94. The fourth-order valence-corrected chi connectivity index (χ4v) is 1.69. The van der Waals surface area contributed by atoms with Crippen molar-refractivity contribution in [3.05, 3.63) is 66.7 Å². The van der Waals surface area contributed by atoms with E-state index in [4.69, 9.17) is 0 Å². The second-order valence-electron chi connectivity index (χ2n) is 4.44. The predicted molar refractivity (Wildman–Crippen MR) is 87.6 cm³/mol. The summed E-state index contributed by atoms with van der Waals surface area (Å²) in [6.07, 6.45) is 3.24. The van der Waals surface area contributed by atoms with Crippen LogP contribution in [0.25, 0.3) is 17.2 Å². The second-order valence-corrected chi connectivity index (χ2v) is 4.44. The van der Waals surface area contributed by atoms with E-state index in [2.05, 4.69) is 55.1 Å². The van der Waals surface area contributed by atoms with Crippen LogP contribution in [0.15, 0.2) is 61.2 Å². The minimum Gasteiger partial charge on any atom is -0.300 e. The first-order valence-electron chi connectivity index (χ1n) is 7.00. The van der Waals surface area contributed by atoms with Crippen molar-refractivity contribution in [2.24, 2.45) is 0 Å².